The van der Waals surface area contributed by atoms with Crippen molar-refractivity contribution in [3.05, 3.63) is 94.3 Å². The molecule has 2 aromatic heterocycles. The van der Waals surface area contributed by atoms with Crippen molar-refractivity contribution in [3.8, 4) is 11.4 Å². The Morgan fingerprint density at radius 3 is 2.58 bits per heavy atom. The summed E-state index contributed by atoms with van der Waals surface area (Å²) in [6.45, 7) is 0. The van der Waals surface area contributed by atoms with Crippen molar-refractivity contribution >= 4 is 34.0 Å². The Balaban J connectivity index is 1.60. The zero-order chi connectivity index (χ0) is 21.4. The number of nitro benzene ring substituents is 1. The van der Waals surface area contributed by atoms with Gasteiger partial charge in [-0.05, 0) is 42.0 Å². The highest BCUT2D eigenvalue weighted by Gasteiger charge is 2.16. The van der Waals surface area contributed by atoms with Crippen LogP contribution in [0.2, 0.25) is 0 Å². The molecule has 0 aliphatic rings. The monoisotopic (exact) mass is 431 g/mol. The van der Waals surface area contributed by atoms with Crippen molar-refractivity contribution in [2.75, 3.05) is 0 Å². The third-order valence-corrected chi connectivity index (χ3v) is 5.74. The van der Waals surface area contributed by atoms with E-state index in [0.717, 1.165) is 16.5 Å². The molecule has 0 atom stereocenters. The van der Waals surface area contributed by atoms with E-state index < -0.39 is 4.92 Å². The van der Waals surface area contributed by atoms with E-state index in [1.165, 1.54) is 36.0 Å². The van der Waals surface area contributed by atoms with E-state index >= 15 is 0 Å². The minimum Gasteiger partial charge on any atom is -0.258 e. The number of aromatic nitrogens is 4. The maximum Gasteiger partial charge on any atom is 0.269 e. The molecule has 2 heterocycles. The molecule has 9 heteroatoms. The number of hydrogen-bond acceptors (Lipinski definition) is 6. The molecule has 0 radical (unpaired) electrons. The number of thioether (sulfide) groups is 1. The number of halogens is 1. The van der Waals surface area contributed by atoms with Crippen molar-refractivity contribution in [2.24, 2.45) is 0 Å². The standard InChI is InChI=1S/C22H14FN5O2S/c23-16-5-3-4-14(12-16)13-31-22-24-19-7-2-1-6-18(19)21-25-20(26-27(21)22)15-8-10-17(11-9-15)28(29)30/h1-12H,13H2. The fourth-order valence-corrected chi connectivity index (χ4v) is 4.14. The summed E-state index contributed by atoms with van der Waals surface area (Å²) in [5.74, 6) is 0.682. The number of para-hydroxylation sites is 1. The lowest BCUT2D eigenvalue weighted by Crippen LogP contribution is -1.98. The van der Waals surface area contributed by atoms with Gasteiger partial charge in [0, 0.05) is 28.8 Å². The first-order valence-corrected chi connectivity index (χ1v) is 10.3. The van der Waals surface area contributed by atoms with Gasteiger partial charge < -0.3 is 0 Å². The summed E-state index contributed by atoms with van der Waals surface area (Å²) in [7, 11) is 0. The highest BCUT2D eigenvalue weighted by Crippen LogP contribution is 2.28. The molecule has 5 rings (SSSR count). The molecule has 0 amide bonds. The first-order chi connectivity index (χ1) is 15.1. The molecular weight excluding hydrogens is 417 g/mol. The quantitative estimate of drug-likeness (QED) is 0.163. The molecule has 5 aromatic rings. The van der Waals surface area contributed by atoms with Crippen molar-refractivity contribution in [1.29, 1.82) is 0 Å². The van der Waals surface area contributed by atoms with Crippen molar-refractivity contribution in [2.45, 2.75) is 10.9 Å². The second-order valence-electron chi connectivity index (χ2n) is 6.80. The second-order valence-corrected chi connectivity index (χ2v) is 7.75. The summed E-state index contributed by atoms with van der Waals surface area (Å²) >= 11 is 1.43. The summed E-state index contributed by atoms with van der Waals surface area (Å²) < 4.78 is 15.2. The van der Waals surface area contributed by atoms with Gasteiger partial charge in [-0.1, -0.05) is 36.0 Å². The Kier molecular flexibility index (Phi) is 4.79. The van der Waals surface area contributed by atoms with Crippen LogP contribution in [0.4, 0.5) is 10.1 Å². The van der Waals surface area contributed by atoms with Gasteiger partial charge in [0.2, 0.25) is 0 Å². The summed E-state index contributed by atoms with van der Waals surface area (Å²) in [6.07, 6.45) is 0. The molecule has 0 spiro atoms. The van der Waals surface area contributed by atoms with Crippen LogP contribution in [0.15, 0.2) is 78.0 Å². The van der Waals surface area contributed by atoms with Crippen LogP contribution in [0.25, 0.3) is 27.9 Å². The predicted molar refractivity (Wildman–Crippen MR) is 116 cm³/mol. The van der Waals surface area contributed by atoms with E-state index in [9.17, 15) is 14.5 Å². The van der Waals surface area contributed by atoms with Gasteiger partial charge in [0.1, 0.15) is 5.82 Å². The van der Waals surface area contributed by atoms with E-state index in [2.05, 4.69) is 10.1 Å². The van der Waals surface area contributed by atoms with Gasteiger partial charge >= 0.3 is 0 Å². The molecule has 3 aromatic carbocycles. The molecular formula is C22H14FN5O2S. The van der Waals surface area contributed by atoms with Crippen molar-refractivity contribution in [3.63, 3.8) is 0 Å². The van der Waals surface area contributed by atoms with E-state index in [0.29, 0.717) is 27.9 Å². The SMILES string of the molecule is O=[N+]([O-])c1ccc(-c2nc3c4ccccc4nc(SCc4cccc(F)c4)n3n2)cc1. The average molecular weight is 431 g/mol. The van der Waals surface area contributed by atoms with Crippen LogP contribution in [0.5, 0.6) is 0 Å². The van der Waals surface area contributed by atoms with Gasteiger partial charge in [0.05, 0.1) is 10.4 Å². The number of rotatable bonds is 5. The van der Waals surface area contributed by atoms with E-state index in [1.54, 1.807) is 22.7 Å². The number of hydrogen-bond donors (Lipinski definition) is 0. The Morgan fingerprint density at radius 1 is 1.00 bits per heavy atom. The Labute approximate surface area is 179 Å². The molecule has 0 saturated heterocycles. The van der Waals surface area contributed by atoms with Crippen LogP contribution >= 0.6 is 11.8 Å². The van der Waals surface area contributed by atoms with Crippen molar-refractivity contribution < 1.29 is 9.31 Å². The Morgan fingerprint density at radius 2 is 1.81 bits per heavy atom. The smallest absolute Gasteiger partial charge is 0.258 e. The lowest BCUT2D eigenvalue weighted by Gasteiger charge is -2.06. The molecule has 7 nitrogen and oxygen atoms in total. The van der Waals surface area contributed by atoms with Gasteiger partial charge in [-0.25, -0.2) is 14.4 Å². The van der Waals surface area contributed by atoms with Crippen LogP contribution < -0.4 is 0 Å². The van der Waals surface area contributed by atoms with Crippen LogP contribution in [-0.4, -0.2) is 24.5 Å². The molecule has 0 unspecified atom stereocenters. The molecule has 0 aliphatic heterocycles. The maximum absolute atomic E-state index is 13.5. The Hall–Kier alpha value is -3.85. The highest BCUT2D eigenvalue weighted by atomic mass is 32.2. The van der Waals surface area contributed by atoms with Gasteiger partial charge in [0.25, 0.3) is 5.69 Å². The molecule has 0 N–H and O–H groups in total. The third kappa shape index (κ3) is 3.71. The number of nitro groups is 1. The lowest BCUT2D eigenvalue weighted by molar-refractivity contribution is -0.384. The fraction of sp³-hybridized carbons (Fsp3) is 0.0455. The third-order valence-electron chi connectivity index (χ3n) is 4.74. The van der Waals surface area contributed by atoms with Gasteiger partial charge in [-0.3, -0.25) is 10.1 Å². The van der Waals surface area contributed by atoms with Crippen LogP contribution in [0.1, 0.15) is 5.56 Å². The van der Waals surface area contributed by atoms with E-state index in [4.69, 9.17) is 4.98 Å². The molecule has 0 bridgehead atoms. The first-order valence-electron chi connectivity index (χ1n) is 9.36. The molecule has 31 heavy (non-hydrogen) atoms. The van der Waals surface area contributed by atoms with Crippen molar-refractivity contribution in [1.82, 2.24) is 19.6 Å². The van der Waals surface area contributed by atoms with Crippen LogP contribution in [0.3, 0.4) is 0 Å². The largest absolute Gasteiger partial charge is 0.269 e. The molecule has 0 aliphatic carbocycles. The predicted octanol–water partition coefficient (Wildman–Crippen LogP) is 5.28. The number of benzene rings is 3. The molecule has 0 fully saturated rings. The summed E-state index contributed by atoms with van der Waals surface area (Å²) in [4.78, 5) is 19.9. The average Bonchev–Trinajstić information content (AvgIpc) is 3.23. The summed E-state index contributed by atoms with van der Waals surface area (Å²) in [6, 6.07) is 20.2. The number of nitrogens with zero attached hydrogens (tertiary/aromatic N) is 5. The highest BCUT2D eigenvalue weighted by molar-refractivity contribution is 7.98. The minimum atomic E-state index is -0.445. The molecule has 0 saturated carbocycles. The topological polar surface area (TPSA) is 86.2 Å². The zero-order valence-corrected chi connectivity index (χ0v) is 16.8. The van der Waals surface area contributed by atoms with Gasteiger partial charge in [-0.15, -0.1) is 5.10 Å². The van der Waals surface area contributed by atoms with Gasteiger partial charge in [0.15, 0.2) is 16.6 Å². The number of non-ortho nitro benzene ring substituents is 1. The summed E-state index contributed by atoms with van der Waals surface area (Å²) in [5, 5.41) is 17.0. The Bertz CT molecular complexity index is 1440. The maximum atomic E-state index is 13.5. The fourth-order valence-electron chi connectivity index (χ4n) is 3.25. The zero-order valence-electron chi connectivity index (χ0n) is 16.0. The van der Waals surface area contributed by atoms with Gasteiger partial charge in [-0.2, -0.15) is 4.52 Å². The van der Waals surface area contributed by atoms with E-state index in [1.807, 2.05) is 30.3 Å². The first kappa shape index (κ1) is 19.1. The normalized spacial score (nSPS) is 11.3. The molecule has 152 valence electrons. The van der Waals surface area contributed by atoms with Crippen LogP contribution in [-0.2, 0) is 5.75 Å². The second kappa shape index (κ2) is 7.77. The number of fused-ring (bicyclic) bond motifs is 3. The summed E-state index contributed by atoms with van der Waals surface area (Å²) in [5.41, 5.74) is 2.93. The van der Waals surface area contributed by atoms with Crippen LogP contribution in [0, 0.1) is 15.9 Å². The minimum absolute atomic E-state index is 0.00553. The van der Waals surface area contributed by atoms with E-state index in [-0.39, 0.29) is 11.5 Å². The lowest BCUT2D eigenvalue weighted by atomic mass is 10.2.